The summed E-state index contributed by atoms with van der Waals surface area (Å²) in [7, 11) is 0. The van der Waals surface area contributed by atoms with Crippen LogP contribution in [0, 0.1) is 0 Å². The third-order valence-corrected chi connectivity index (χ3v) is 3.70. The van der Waals surface area contributed by atoms with Crippen LogP contribution in [0.5, 0.6) is 0 Å². The first-order valence-corrected chi connectivity index (χ1v) is 7.68. The number of aromatic nitrogens is 3. The molecule has 2 aromatic rings. The van der Waals surface area contributed by atoms with E-state index in [9.17, 15) is 4.79 Å². The number of hydrogen-bond acceptors (Lipinski definition) is 5. The van der Waals surface area contributed by atoms with Crippen LogP contribution in [0.1, 0.15) is 60.7 Å². The van der Waals surface area contributed by atoms with Gasteiger partial charge in [0.1, 0.15) is 6.10 Å². The molecule has 2 N–H and O–H groups in total. The number of amides is 1. The normalized spacial score (nSPS) is 17.8. The van der Waals surface area contributed by atoms with Crippen LogP contribution < -0.4 is 5.32 Å². The largest absolute Gasteiger partial charge is 0.445 e. The maximum absolute atomic E-state index is 12.3. The third kappa shape index (κ3) is 3.19. The fraction of sp³-hybridized carbons (Fsp3) is 0.533. The van der Waals surface area contributed by atoms with Gasteiger partial charge in [-0.3, -0.25) is 9.89 Å². The SMILES string of the molecule is CCCCc1cc(NC(=O)c2ncoc2[C@@H]2CCCO2)n[nH]1. The molecular weight excluding hydrogens is 284 g/mol. The molecule has 0 radical (unpaired) electrons. The lowest BCUT2D eigenvalue weighted by Crippen LogP contribution is -2.15. The molecule has 2 aromatic heterocycles. The zero-order valence-corrected chi connectivity index (χ0v) is 12.6. The topological polar surface area (TPSA) is 93.0 Å². The Morgan fingerprint density at radius 3 is 3.23 bits per heavy atom. The van der Waals surface area contributed by atoms with E-state index in [4.69, 9.17) is 9.15 Å². The monoisotopic (exact) mass is 304 g/mol. The standard InChI is InChI=1S/C15H20N4O3/c1-2-3-5-10-8-12(19-18-10)17-15(20)13-14(22-9-16-13)11-6-4-7-21-11/h8-9,11H,2-7H2,1H3,(H2,17,18,19,20)/t11-/m0/s1. The molecule has 0 bridgehead atoms. The first-order chi connectivity index (χ1) is 10.8. The lowest BCUT2D eigenvalue weighted by molar-refractivity contribution is 0.0889. The van der Waals surface area contributed by atoms with Gasteiger partial charge in [-0.05, 0) is 25.7 Å². The number of ether oxygens (including phenoxy) is 1. The zero-order valence-electron chi connectivity index (χ0n) is 12.6. The molecule has 0 aliphatic carbocycles. The van der Waals surface area contributed by atoms with Crippen molar-refractivity contribution < 1.29 is 13.9 Å². The molecule has 3 heterocycles. The number of nitrogens with one attached hydrogen (secondary N) is 2. The van der Waals surface area contributed by atoms with E-state index in [1.54, 1.807) is 0 Å². The Hall–Kier alpha value is -2.15. The Kier molecular flexibility index (Phi) is 4.53. The van der Waals surface area contributed by atoms with Crippen LogP contribution in [0.2, 0.25) is 0 Å². The second-order valence-electron chi connectivity index (χ2n) is 5.40. The number of rotatable bonds is 6. The summed E-state index contributed by atoms with van der Waals surface area (Å²) < 4.78 is 10.9. The number of unbranched alkanes of at least 4 members (excludes halogenated alkanes) is 1. The van der Waals surface area contributed by atoms with Gasteiger partial charge in [0.25, 0.3) is 5.91 Å². The van der Waals surface area contributed by atoms with Crippen LogP contribution in [0.25, 0.3) is 0 Å². The highest BCUT2D eigenvalue weighted by Crippen LogP contribution is 2.30. The van der Waals surface area contributed by atoms with Gasteiger partial charge in [-0.15, -0.1) is 0 Å². The first kappa shape index (κ1) is 14.8. The highest BCUT2D eigenvalue weighted by Gasteiger charge is 2.28. The Morgan fingerprint density at radius 1 is 1.55 bits per heavy atom. The Labute approximate surface area is 128 Å². The molecule has 118 valence electrons. The van der Waals surface area contributed by atoms with Gasteiger partial charge in [0.2, 0.25) is 0 Å². The predicted octanol–water partition coefficient (Wildman–Crippen LogP) is 2.84. The highest BCUT2D eigenvalue weighted by atomic mass is 16.5. The van der Waals surface area contributed by atoms with Crippen molar-refractivity contribution in [3.8, 4) is 0 Å². The second-order valence-corrected chi connectivity index (χ2v) is 5.40. The maximum Gasteiger partial charge on any atom is 0.279 e. The van der Waals surface area contributed by atoms with Crippen molar-refractivity contribution in [2.45, 2.75) is 45.1 Å². The van der Waals surface area contributed by atoms with Gasteiger partial charge in [-0.1, -0.05) is 13.3 Å². The number of aromatic amines is 1. The zero-order chi connectivity index (χ0) is 15.4. The molecule has 1 saturated heterocycles. The molecule has 1 amide bonds. The minimum atomic E-state index is -0.326. The van der Waals surface area contributed by atoms with Crippen molar-refractivity contribution in [2.24, 2.45) is 0 Å². The van der Waals surface area contributed by atoms with Crippen molar-refractivity contribution in [3.63, 3.8) is 0 Å². The summed E-state index contributed by atoms with van der Waals surface area (Å²) in [5.41, 5.74) is 1.28. The minimum Gasteiger partial charge on any atom is -0.445 e. The van der Waals surface area contributed by atoms with Crippen molar-refractivity contribution in [3.05, 3.63) is 29.6 Å². The van der Waals surface area contributed by atoms with Gasteiger partial charge >= 0.3 is 0 Å². The summed E-state index contributed by atoms with van der Waals surface area (Å²) in [5, 5.41) is 9.77. The van der Waals surface area contributed by atoms with Crippen molar-refractivity contribution in [2.75, 3.05) is 11.9 Å². The summed E-state index contributed by atoms with van der Waals surface area (Å²) >= 11 is 0. The molecule has 1 aliphatic rings. The third-order valence-electron chi connectivity index (χ3n) is 3.70. The molecular formula is C15H20N4O3. The summed E-state index contributed by atoms with van der Waals surface area (Å²) in [5.74, 6) is 0.668. The minimum absolute atomic E-state index is 0.178. The summed E-state index contributed by atoms with van der Waals surface area (Å²) in [6.07, 6.45) is 6.04. The van der Waals surface area contributed by atoms with Crippen molar-refractivity contribution in [1.82, 2.24) is 15.2 Å². The molecule has 7 nitrogen and oxygen atoms in total. The number of carbonyl (C=O) groups is 1. The van der Waals surface area contributed by atoms with E-state index >= 15 is 0 Å². The number of nitrogens with zero attached hydrogens (tertiary/aromatic N) is 2. The number of aryl methyl sites for hydroxylation is 1. The first-order valence-electron chi connectivity index (χ1n) is 7.68. The molecule has 7 heteroatoms. The van der Waals surface area contributed by atoms with Crippen LogP contribution in [-0.4, -0.2) is 27.7 Å². The lowest BCUT2D eigenvalue weighted by atomic mass is 10.1. The number of hydrogen-bond donors (Lipinski definition) is 2. The van der Waals surface area contributed by atoms with Gasteiger partial charge in [0, 0.05) is 18.4 Å². The van der Waals surface area contributed by atoms with E-state index in [2.05, 4.69) is 27.4 Å². The predicted molar refractivity (Wildman–Crippen MR) is 79.6 cm³/mol. The molecule has 0 spiro atoms. The molecule has 1 atom stereocenters. The van der Waals surface area contributed by atoms with Crippen molar-refractivity contribution in [1.29, 1.82) is 0 Å². The Morgan fingerprint density at radius 2 is 2.45 bits per heavy atom. The highest BCUT2D eigenvalue weighted by molar-refractivity contribution is 6.03. The van der Waals surface area contributed by atoms with E-state index in [0.29, 0.717) is 18.2 Å². The average molecular weight is 304 g/mol. The average Bonchev–Trinajstić information content (AvgIpc) is 3.25. The molecule has 0 aromatic carbocycles. The maximum atomic E-state index is 12.3. The van der Waals surface area contributed by atoms with Gasteiger partial charge in [0.05, 0.1) is 0 Å². The van der Waals surface area contributed by atoms with Crippen LogP contribution in [0.3, 0.4) is 0 Å². The molecule has 1 aliphatic heterocycles. The van der Waals surface area contributed by atoms with Gasteiger partial charge in [-0.25, -0.2) is 4.98 Å². The summed E-state index contributed by atoms with van der Waals surface area (Å²) in [6, 6.07) is 1.85. The van der Waals surface area contributed by atoms with Crippen LogP contribution in [0.15, 0.2) is 16.9 Å². The number of oxazole rings is 1. The number of anilines is 1. The number of H-pyrrole nitrogens is 1. The summed E-state index contributed by atoms with van der Waals surface area (Å²) in [6.45, 7) is 2.82. The smallest absolute Gasteiger partial charge is 0.279 e. The van der Waals surface area contributed by atoms with E-state index in [0.717, 1.165) is 37.8 Å². The number of carbonyl (C=O) groups excluding carboxylic acids is 1. The van der Waals surface area contributed by atoms with Gasteiger partial charge < -0.3 is 14.5 Å². The van der Waals surface area contributed by atoms with E-state index in [1.807, 2.05) is 6.07 Å². The molecule has 0 unspecified atom stereocenters. The fourth-order valence-corrected chi connectivity index (χ4v) is 2.54. The molecule has 3 rings (SSSR count). The quantitative estimate of drug-likeness (QED) is 0.856. The van der Waals surface area contributed by atoms with Crippen molar-refractivity contribution >= 4 is 11.7 Å². The van der Waals surface area contributed by atoms with Gasteiger partial charge in [-0.2, -0.15) is 5.10 Å². The fourth-order valence-electron chi connectivity index (χ4n) is 2.54. The lowest BCUT2D eigenvalue weighted by Gasteiger charge is -2.07. The van der Waals surface area contributed by atoms with Crippen LogP contribution in [-0.2, 0) is 11.2 Å². The molecule has 0 saturated carbocycles. The summed E-state index contributed by atoms with van der Waals surface area (Å²) in [4.78, 5) is 16.3. The van der Waals surface area contributed by atoms with E-state index in [-0.39, 0.29) is 17.7 Å². The van der Waals surface area contributed by atoms with E-state index < -0.39 is 0 Å². The van der Waals surface area contributed by atoms with Crippen LogP contribution >= 0.6 is 0 Å². The van der Waals surface area contributed by atoms with Crippen LogP contribution in [0.4, 0.5) is 5.82 Å². The second kappa shape index (κ2) is 6.74. The Bertz CT molecular complexity index is 628. The molecule has 1 fully saturated rings. The molecule has 22 heavy (non-hydrogen) atoms. The Balaban J connectivity index is 1.67. The van der Waals surface area contributed by atoms with E-state index in [1.165, 1.54) is 6.39 Å². The van der Waals surface area contributed by atoms with Gasteiger partial charge in [0.15, 0.2) is 23.7 Å².